The van der Waals surface area contributed by atoms with E-state index in [2.05, 4.69) is 61.5 Å². The summed E-state index contributed by atoms with van der Waals surface area (Å²) in [5, 5.41) is 1.59. The van der Waals surface area contributed by atoms with Crippen LogP contribution in [-0.4, -0.2) is 8.83 Å². The van der Waals surface area contributed by atoms with E-state index >= 15 is 0 Å². The molecule has 0 spiro atoms. The zero-order valence-electron chi connectivity index (χ0n) is 21.0. The first-order valence-electron chi connectivity index (χ1n) is 12.9. The maximum absolute atomic E-state index is 6.96. The summed E-state index contributed by atoms with van der Waals surface area (Å²) < 4.78 is 0. The highest BCUT2D eigenvalue weighted by molar-refractivity contribution is 7.01. The minimum Gasteiger partial charge on any atom is -0.165 e. The van der Waals surface area contributed by atoms with Gasteiger partial charge in [-0.2, -0.15) is 11.1 Å². The minimum atomic E-state index is 0.310. The van der Waals surface area contributed by atoms with E-state index < -0.39 is 0 Å². The molecule has 0 aromatic heterocycles. The first kappa shape index (κ1) is 24.4. The summed E-state index contributed by atoms with van der Waals surface area (Å²) in [7, 11) is 0.390. The van der Waals surface area contributed by atoms with Gasteiger partial charge < -0.3 is 0 Å². The molecule has 30 heavy (non-hydrogen) atoms. The lowest BCUT2D eigenvalue weighted by molar-refractivity contribution is 0.279. The van der Waals surface area contributed by atoms with Crippen LogP contribution in [0.1, 0.15) is 142 Å². The van der Waals surface area contributed by atoms with Gasteiger partial charge in [-0.25, -0.2) is 0 Å². The molecule has 1 aromatic carbocycles. The van der Waals surface area contributed by atoms with Crippen molar-refractivity contribution in [3.05, 3.63) is 28.3 Å². The third-order valence-corrected chi connectivity index (χ3v) is 11.6. The lowest BCUT2D eigenvalue weighted by Crippen LogP contribution is -2.37. The lowest BCUT2D eigenvalue weighted by Gasteiger charge is -2.35. The fraction of sp³-hybridized carbons (Fsp3) is 0.786. The van der Waals surface area contributed by atoms with Crippen LogP contribution in [-0.2, 0) is 21.7 Å². The second-order valence-corrected chi connectivity index (χ2v) is 11.8. The van der Waals surface area contributed by atoms with E-state index in [1.54, 1.807) is 27.4 Å². The third kappa shape index (κ3) is 2.97. The number of rotatable bonds is 9. The summed E-state index contributed by atoms with van der Waals surface area (Å²) >= 11 is 6.96. The Morgan fingerprint density at radius 3 is 1.13 bits per heavy atom. The topological polar surface area (TPSA) is 0 Å². The predicted molar refractivity (Wildman–Crippen MR) is 136 cm³/mol. The highest BCUT2D eigenvalue weighted by atomic mass is 35.6. The molecule has 2 aliphatic rings. The molecule has 3 rings (SSSR count). The quantitative estimate of drug-likeness (QED) is 0.266. The average Bonchev–Trinajstić information content (AvgIpc) is 3.27. The molecule has 0 heterocycles. The summed E-state index contributed by atoms with van der Waals surface area (Å²) in [6, 6.07) is 2.76. The second-order valence-electron chi connectivity index (χ2n) is 10.5. The van der Waals surface area contributed by atoms with Crippen LogP contribution in [0.2, 0.25) is 0 Å². The Labute approximate surface area is 194 Å². The predicted octanol–water partition coefficient (Wildman–Crippen LogP) is 8.21. The number of fused-ring (bicyclic) bond motifs is 2. The van der Waals surface area contributed by atoms with Gasteiger partial charge in [-0.3, -0.25) is 0 Å². The van der Waals surface area contributed by atoms with Crippen LogP contribution >= 0.6 is 11.1 Å². The molecule has 2 aliphatic carbocycles. The van der Waals surface area contributed by atoms with Crippen LogP contribution in [0.5, 0.6) is 0 Å². The van der Waals surface area contributed by atoms with E-state index in [1.807, 2.05) is 0 Å². The van der Waals surface area contributed by atoms with Crippen molar-refractivity contribution in [2.45, 2.75) is 141 Å². The van der Waals surface area contributed by atoms with E-state index in [0.29, 0.717) is 30.5 Å². The van der Waals surface area contributed by atoms with Gasteiger partial charge in [0.15, 0.2) is 0 Å². The molecule has 0 aliphatic heterocycles. The molecule has 0 amide bonds. The van der Waals surface area contributed by atoms with Crippen molar-refractivity contribution in [1.29, 1.82) is 0 Å². The Morgan fingerprint density at radius 1 is 0.600 bits per heavy atom. The maximum Gasteiger partial charge on any atom is 0.211 e. The highest BCUT2D eigenvalue weighted by Gasteiger charge is 2.55. The molecule has 0 atom stereocenters. The van der Waals surface area contributed by atoms with E-state index in [-0.39, 0.29) is 0 Å². The largest absolute Gasteiger partial charge is 0.211 e. The zero-order valence-corrected chi connectivity index (χ0v) is 22.8. The van der Waals surface area contributed by atoms with Crippen molar-refractivity contribution in [1.82, 2.24) is 0 Å². The fourth-order valence-electron chi connectivity index (χ4n) is 7.85. The Bertz CT molecular complexity index is 701. The molecule has 2 radical (unpaired) electrons. The van der Waals surface area contributed by atoms with Crippen molar-refractivity contribution in [3.8, 4) is 0 Å². The van der Waals surface area contributed by atoms with Gasteiger partial charge >= 0.3 is 0 Å². The zero-order chi connectivity index (χ0) is 22.4. The summed E-state index contributed by atoms with van der Waals surface area (Å²) in [4.78, 5) is 0. The molecule has 2 heteroatoms. The lowest BCUT2D eigenvalue weighted by atomic mass is 9.70. The number of halogens is 1. The molecular weight excluding hydrogens is 400 g/mol. The summed E-state index contributed by atoms with van der Waals surface area (Å²) in [6.45, 7) is 19.4. The van der Waals surface area contributed by atoms with Gasteiger partial charge in [-0.15, -0.1) is 0 Å². The molecule has 0 nitrogen and oxygen atoms in total. The fourth-order valence-corrected chi connectivity index (χ4v) is 9.40. The van der Waals surface area contributed by atoms with Crippen LogP contribution in [0, 0.1) is 0 Å². The average molecular weight is 445 g/mol. The SMILES string of the molecule is CCC1(CC)CC(CC)(CC)c2c1cc1c(c2[Si]Cl)C(CC)(CC)CC1(CC)CC. The van der Waals surface area contributed by atoms with Crippen molar-refractivity contribution in [3.63, 3.8) is 0 Å². The van der Waals surface area contributed by atoms with Gasteiger partial charge in [0.25, 0.3) is 0 Å². The van der Waals surface area contributed by atoms with Crippen molar-refractivity contribution in [2.75, 3.05) is 0 Å². The maximum atomic E-state index is 6.96. The van der Waals surface area contributed by atoms with Crippen LogP contribution < -0.4 is 5.19 Å². The van der Waals surface area contributed by atoms with Crippen molar-refractivity contribution < 1.29 is 0 Å². The van der Waals surface area contributed by atoms with Gasteiger partial charge in [-0.05, 0) is 113 Å². The smallest absolute Gasteiger partial charge is 0.165 e. The van der Waals surface area contributed by atoms with Gasteiger partial charge in [0, 0.05) is 0 Å². The summed E-state index contributed by atoms with van der Waals surface area (Å²) in [5.41, 5.74) is 8.10. The van der Waals surface area contributed by atoms with Crippen LogP contribution in [0.25, 0.3) is 0 Å². The molecule has 0 bridgehead atoms. The molecule has 0 N–H and O–H groups in total. The van der Waals surface area contributed by atoms with Crippen LogP contribution in [0.4, 0.5) is 0 Å². The van der Waals surface area contributed by atoms with Crippen molar-refractivity contribution >= 4 is 25.1 Å². The summed E-state index contributed by atoms with van der Waals surface area (Å²) in [5.74, 6) is 0. The third-order valence-electron chi connectivity index (χ3n) is 10.4. The van der Waals surface area contributed by atoms with E-state index in [9.17, 15) is 0 Å². The van der Waals surface area contributed by atoms with Gasteiger partial charge in [0.1, 0.15) is 0 Å². The second kappa shape index (κ2) is 8.58. The molecule has 0 fully saturated rings. The monoisotopic (exact) mass is 444 g/mol. The first-order valence-corrected chi connectivity index (χ1v) is 14.9. The number of hydrogen-bond acceptors (Lipinski definition) is 0. The molecular formula is C28H45ClSi. The van der Waals surface area contributed by atoms with Crippen molar-refractivity contribution in [2.24, 2.45) is 0 Å². The first-order chi connectivity index (χ1) is 14.3. The number of benzene rings is 1. The van der Waals surface area contributed by atoms with E-state index in [4.69, 9.17) is 11.1 Å². The van der Waals surface area contributed by atoms with Crippen LogP contribution in [0.15, 0.2) is 6.07 Å². The Kier molecular flexibility index (Phi) is 6.97. The van der Waals surface area contributed by atoms with E-state index in [1.165, 1.54) is 64.2 Å². The Morgan fingerprint density at radius 2 is 0.900 bits per heavy atom. The highest BCUT2D eigenvalue weighted by Crippen LogP contribution is 2.61. The van der Waals surface area contributed by atoms with Crippen LogP contribution in [0.3, 0.4) is 0 Å². The molecule has 168 valence electrons. The summed E-state index contributed by atoms with van der Waals surface area (Å²) in [6.07, 6.45) is 12.6. The standard InChI is InChI=1S/C28H45ClSi/c1-9-25(10-2)18-27(13-5,14-6)22-20(25)17-21-23(24(22)30-29)28(15-7,16-8)19-26(21,11-3)12-4/h17H,9-16,18-19H2,1-8H3. The molecule has 0 saturated carbocycles. The van der Waals surface area contributed by atoms with Gasteiger partial charge in [0.2, 0.25) is 8.83 Å². The Hall–Kier alpha value is -0.273. The minimum absolute atomic E-state index is 0.310. The van der Waals surface area contributed by atoms with Gasteiger partial charge in [0.05, 0.1) is 0 Å². The normalized spacial score (nSPS) is 22.2. The molecule has 0 saturated heterocycles. The van der Waals surface area contributed by atoms with E-state index in [0.717, 1.165) is 0 Å². The molecule has 0 unspecified atom stereocenters. The Balaban J connectivity index is 2.51. The number of hydrogen-bond donors (Lipinski definition) is 0. The van der Waals surface area contributed by atoms with Gasteiger partial charge in [-0.1, -0.05) is 61.5 Å². The molecule has 1 aromatic rings.